The van der Waals surface area contributed by atoms with Crippen LogP contribution in [-0.2, 0) is 13.7 Å². The first kappa shape index (κ1) is 17.5. The lowest BCUT2D eigenvalue weighted by atomic mass is 10.2. The summed E-state index contributed by atoms with van der Waals surface area (Å²) in [4.78, 5) is 12.0. The standard InChI is InChI=1S/C18H14BrClN2O3/c1-22-10-12(9-21-22)17(23)6-5-14-3-4-15(25-14)11-24-18-7-2-13(19)8-16(18)20/h2-10H,11H2,1H3/b6-5+. The van der Waals surface area contributed by atoms with Crippen LogP contribution in [0, 0.1) is 0 Å². The molecule has 0 aliphatic carbocycles. The third-order valence-corrected chi connectivity index (χ3v) is 4.12. The summed E-state index contributed by atoms with van der Waals surface area (Å²) in [5.41, 5.74) is 0.527. The Labute approximate surface area is 158 Å². The van der Waals surface area contributed by atoms with Crippen molar-refractivity contribution in [2.75, 3.05) is 0 Å². The van der Waals surface area contributed by atoms with Gasteiger partial charge in [-0.05, 0) is 42.5 Å². The molecule has 0 fully saturated rings. The number of aromatic nitrogens is 2. The number of carbonyl (C=O) groups excluding carboxylic acids is 1. The van der Waals surface area contributed by atoms with Gasteiger partial charge >= 0.3 is 0 Å². The number of hydrogen-bond acceptors (Lipinski definition) is 4. The smallest absolute Gasteiger partial charge is 0.189 e. The first-order valence-electron chi connectivity index (χ1n) is 7.39. The minimum Gasteiger partial charge on any atom is -0.484 e. The number of benzene rings is 1. The number of ketones is 1. The van der Waals surface area contributed by atoms with E-state index in [0.29, 0.717) is 27.9 Å². The lowest BCUT2D eigenvalue weighted by molar-refractivity contribution is 0.104. The molecule has 0 radical (unpaired) electrons. The Morgan fingerprint density at radius 3 is 2.96 bits per heavy atom. The van der Waals surface area contributed by atoms with Crippen LogP contribution in [-0.4, -0.2) is 15.6 Å². The molecule has 2 heterocycles. The van der Waals surface area contributed by atoms with Crippen molar-refractivity contribution < 1.29 is 13.9 Å². The normalized spacial score (nSPS) is 11.2. The highest BCUT2D eigenvalue weighted by Crippen LogP contribution is 2.28. The molecular formula is C18H14BrClN2O3. The highest BCUT2D eigenvalue weighted by atomic mass is 79.9. The lowest BCUT2D eigenvalue weighted by Crippen LogP contribution is -1.94. The zero-order chi connectivity index (χ0) is 17.8. The van der Waals surface area contributed by atoms with Gasteiger partial charge in [0, 0.05) is 17.7 Å². The quantitative estimate of drug-likeness (QED) is 0.419. The molecule has 0 aliphatic rings. The van der Waals surface area contributed by atoms with Crippen LogP contribution in [0.1, 0.15) is 21.9 Å². The molecule has 3 rings (SSSR count). The molecule has 5 nitrogen and oxygen atoms in total. The van der Waals surface area contributed by atoms with Crippen molar-refractivity contribution in [1.82, 2.24) is 9.78 Å². The predicted octanol–water partition coefficient (Wildman–Crippen LogP) is 4.90. The average molecular weight is 422 g/mol. The molecule has 0 aliphatic heterocycles. The van der Waals surface area contributed by atoms with E-state index in [0.717, 1.165) is 4.47 Å². The molecule has 3 aromatic rings. The van der Waals surface area contributed by atoms with Crippen LogP contribution in [0.2, 0.25) is 5.02 Å². The summed E-state index contributed by atoms with van der Waals surface area (Å²) in [5.74, 6) is 1.64. The fourth-order valence-corrected chi connectivity index (χ4v) is 2.83. The third-order valence-electron chi connectivity index (χ3n) is 3.33. The van der Waals surface area contributed by atoms with Gasteiger partial charge in [-0.15, -0.1) is 0 Å². The van der Waals surface area contributed by atoms with Crippen molar-refractivity contribution in [3.8, 4) is 5.75 Å². The second kappa shape index (κ2) is 7.72. The molecule has 0 N–H and O–H groups in total. The largest absolute Gasteiger partial charge is 0.484 e. The van der Waals surface area contributed by atoms with Crippen LogP contribution in [0.15, 0.2) is 57.7 Å². The van der Waals surface area contributed by atoms with Gasteiger partial charge in [0.15, 0.2) is 5.78 Å². The molecule has 0 saturated heterocycles. The van der Waals surface area contributed by atoms with Gasteiger partial charge < -0.3 is 9.15 Å². The molecule has 2 aromatic heterocycles. The predicted molar refractivity (Wildman–Crippen MR) is 98.8 cm³/mol. The van der Waals surface area contributed by atoms with Crippen molar-refractivity contribution in [3.05, 3.63) is 75.4 Å². The maximum atomic E-state index is 12.0. The van der Waals surface area contributed by atoms with E-state index in [2.05, 4.69) is 21.0 Å². The number of rotatable bonds is 6. The summed E-state index contributed by atoms with van der Waals surface area (Å²) in [6.07, 6.45) is 6.25. The molecule has 0 atom stereocenters. The zero-order valence-corrected chi connectivity index (χ0v) is 15.6. The Balaban J connectivity index is 1.60. The minimum atomic E-state index is -0.135. The zero-order valence-electron chi connectivity index (χ0n) is 13.3. The number of halogens is 2. The molecule has 128 valence electrons. The van der Waals surface area contributed by atoms with Gasteiger partial charge in [0.2, 0.25) is 0 Å². The second-order valence-corrected chi connectivity index (χ2v) is 6.59. The number of hydrogen-bond donors (Lipinski definition) is 0. The number of aryl methyl sites for hydroxylation is 1. The molecule has 0 bridgehead atoms. The van der Waals surface area contributed by atoms with Gasteiger partial charge in [-0.25, -0.2) is 0 Å². The van der Waals surface area contributed by atoms with Crippen molar-refractivity contribution in [3.63, 3.8) is 0 Å². The van der Waals surface area contributed by atoms with E-state index in [-0.39, 0.29) is 12.4 Å². The van der Waals surface area contributed by atoms with Crippen LogP contribution in [0.3, 0.4) is 0 Å². The number of allylic oxidation sites excluding steroid dienone is 1. The molecule has 0 unspecified atom stereocenters. The molecule has 1 aromatic carbocycles. The third kappa shape index (κ3) is 4.61. The Morgan fingerprint density at radius 2 is 2.24 bits per heavy atom. The fraction of sp³-hybridized carbons (Fsp3) is 0.111. The average Bonchev–Trinajstić information content (AvgIpc) is 3.21. The van der Waals surface area contributed by atoms with Crippen LogP contribution >= 0.6 is 27.5 Å². The van der Waals surface area contributed by atoms with Gasteiger partial charge in [-0.3, -0.25) is 9.48 Å². The SMILES string of the molecule is Cn1cc(C(=O)/C=C/c2ccc(COc3ccc(Br)cc3Cl)o2)cn1. The van der Waals surface area contributed by atoms with Gasteiger partial charge in [0.1, 0.15) is 23.9 Å². The van der Waals surface area contributed by atoms with Crippen molar-refractivity contribution in [1.29, 1.82) is 0 Å². The van der Waals surface area contributed by atoms with Gasteiger partial charge in [0.05, 0.1) is 16.8 Å². The summed E-state index contributed by atoms with van der Waals surface area (Å²) < 4.78 is 13.7. The van der Waals surface area contributed by atoms with E-state index in [1.165, 1.54) is 12.3 Å². The van der Waals surface area contributed by atoms with E-state index in [1.54, 1.807) is 48.3 Å². The van der Waals surface area contributed by atoms with Crippen molar-refractivity contribution >= 4 is 39.4 Å². The second-order valence-electron chi connectivity index (χ2n) is 5.27. The monoisotopic (exact) mass is 420 g/mol. The van der Waals surface area contributed by atoms with E-state index < -0.39 is 0 Å². The van der Waals surface area contributed by atoms with Gasteiger partial charge in [0.25, 0.3) is 0 Å². The van der Waals surface area contributed by atoms with Crippen molar-refractivity contribution in [2.45, 2.75) is 6.61 Å². The summed E-state index contributed by atoms with van der Waals surface area (Å²) in [6, 6.07) is 8.96. The molecule has 25 heavy (non-hydrogen) atoms. The molecule has 0 amide bonds. The maximum absolute atomic E-state index is 12.0. The topological polar surface area (TPSA) is 57.3 Å². The summed E-state index contributed by atoms with van der Waals surface area (Å²) in [6.45, 7) is 0.242. The number of ether oxygens (including phenoxy) is 1. The Hall–Kier alpha value is -2.31. The van der Waals surface area contributed by atoms with E-state index >= 15 is 0 Å². The molecule has 0 saturated carbocycles. The summed E-state index contributed by atoms with van der Waals surface area (Å²) >= 11 is 9.45. The summed E-state index contributed by atoms with van der Waals surface area (Å²) in [5, 5.41) is 4.49. The van der Waals surface area contributed by atoms with E-state index in [1.807, 2.05) is 6.07 Å². The molecule has 7 heteroatoms. The van der Waals surface area contributed by atoms with Crippen LogP contribution in [0.4, 0.5) is 0 Å². The maximum Gasteiger partial charge on any atom is 0.189 e. The van der Waals surface area contributed by atoms with Crippen LogP contribution in [0.5, 0.6) is 5.75 Å². The highest BCUT2D eigenvalue weighted by molar-refractivity contribution is 9.10. The van der Waals surface area contributed by atoms with Crippen LogP contribution in [0.25, 0.3) is 6.08 Å². The number of nitrogens with zero attached hydrogens (tertiary/aromatic N) is 2. The van der Waals surface area contributed by atoms with Gasteiger partial charge in [-0.2, -0.15) is 5.10 Å². The van der Waals surface area contributed by atoms with Gasteiger partial charge in [-0.1, -0.05) is 27.5 Å². The Kier molecular flexibility index (Phi) is 5.40. The highest BCUT2D eigenvalue weighted by Gasteiger charge is 2.07. The summed E-state index contributed by atoms with van der Waals surface area (Å²) in [7, 11) is 1.76. The van der Waals surface area contributed by atoms with Crippen LogP contribution < -0.4 is 4.74 Å². The Morgan fingerprint density at radius 1 is 1.40 bits per heavy atom. The lowest BCUT2D eigenvalue weighted by Gasteiger charge is -2.06. The number of carbonyl (C=O) groups is 1. The molecule has 0 spiro atoms. The van der Waals surface area contributed by atoms with E-state index in [9.17, 15) is 4.79 Å². The molecular weight excluding hydrogens is 408 g/mol. The fourth-order valence-electron chi connectivity index (χ4n) is 2.11. The van der Waals surface area contributed by atoms with E-state index in [4.69, 9.17) is 20.8 Å². The van der Waals surface area contributed by atoms with Crippen molar-refractivity contribution in [2.24, 2.45) is 7.05 Å². The first-order chi connectivity index (χ1) is 12.0. The first-order valence-corrected chi connectivity index (χ1v) is 8.56. The number of furan rings is 1. The Bertz CT molecular complexity index is 930. The minimum absolute atomic E-state index is 0.135.